The molecule has 5 heteroatoms. The number of oxime groups is 1. The Kier molecular flexibility index (Phi) is 5.67. The van der Waals surface area contributed by atoms with E-state index in [1.807, 2.05) is 49.4 Å². The number of amides is 1. The number of anilines is 1. The highest BCUT2D eigenvalue weighted by atomic mass is 16.6. The average Bonchev–Trinajstić information content (AvgIpc) is 2.66. The molecule has 0 saturated carbocycles. The fourth-order valence-corrected chi connectivity index (χ4v) is 2.88. The maximum Gasteiger partial charge on any atom is 0.267 e. The van der Waals surface area contributed by atoms with E-state index in [0.29, 0.717) is 6.61 Å². The minimum Gasteiger partial charge on any atom is -0.494 e. The van der Waals surface area contributed by atoms with Crippen LogP contribution < -0.4 is 9.64 Å². The van der Waals surface area contributed by atoms with Gasteiger partial charge < -0.3 is 14.5 Å². The predicted octanol–water partition coefficient (Wildman–Crippen LogP) is 3.42. The lowest BCUT2D eigenvalue weighted by Crippen LogP contribution is -2.37. The zero-order valence-electron chi connectivity index (χ0n) is 14.4. The van der Waals surface area contributed by atoms with Gasteiger partial charge in [-0.2, -0.15) is 0 Å². The van der Waals surface area contributed by atoms with Crippen molar-refractivity contribution in [3.05, 3.63) is 59.7 Å². The third-order valence-corrected chi connectivity index (χ3v) is 4.07. The summed E-state index contributed by atoms with van der Waals surface area (Å²) in [4.78, 5) is 19.4. The van der Waals surface area contributed by atoms with E-state index in [1.54, 1.807) is 11.1 Å². The van der Waals surface area contributed by atoms with E-state index in [0.717, 1.165) is 36.4 Å². The van der Waals surface area contributed by atoms with Crippen LogP contribution in [0.2, 0.25) is 0 Å². The Morgan fingerprint density at radius 1 is 1.20 bits per heavy atom. The highest BCUT2D eigenvalue weighted by Gasteiger charge is 2.22. The van der Waals surface area contributed by atoms with E-state index in [9.17, 15) is 4.79 Å². The molecule has 5 nitrogen and oxygen atoms in total. The molecule has 1 amide bonds. The topological polar surface area (TPSA) is 51.1 Å². The Balaban J connectivity index is 1.53. The van der Waals surface area contributed by atoms with Crippen molar-refractivity contribution in [2.45, 2.75) is 19.8 Å². The SMILES string of the molecule is CCOc1ccc(/C=N\OCC(=O)N2CCCc3ccccc32)cc1. The van der Waals surface area contributed by atoms with Crippen LogP contribution in [0.1, 0.15) is 24.5 Å². The molecular weight excluding hydrogens is 316 g/mol. The summed E-state index contributed by atoms with van der Waals surface area (Å²) in [5.74, 6) is 0.746. The highest BCUT2D eigenvalue weighted by Crippen LogP contribution is 2.26. The Bertz CT molecular complexity index is 741. The number of carbonyl (C=O) groups is 1. The Morgan fingerprint density at radius 2 is 2.00 bits per heavy atom. The van der Waals surface area contributed by atoms with E-state index >= 15 is 0 Å². The monoisotopic (exact) mass is 338 g/mol. The van der Waals surface area contributed by atoms with Crippen LogP contribution >= 0.6 is 0 Å². The first-order valence-electron chi connectivity index (χ1n) is 8.54. The van der Waals surface area contributed by atoms with Gasteiger partial charge in [-0.15, -0.1) is 0 Å². The minimum absolute atomic E-state index is 0.0676. The molecular formula is C20H22N2O3. The zero-order valence-corrected chi connectivity index (χ0v) is 14.4. The summed E-state index contributed by atoms with van der Waals surface area (Å²) in [6, 6.07) is 15.5. The molecule has 2 aromatic rings. The molecule has 1 heterocycles. The number of rotatable bonds is 6. The Hall–Kier alpha value is -2.82. The third-order valence-electron chi connectivity index (χ3n) is 4.07. The van der Waals surface area contributed by atoms with Gasteiger partial charge in [0.05, 0.1) is 12.8 Å². The number of aryl methyl sites for hydroxylation is 1. The maximum absolute atomic E-state index is 12.4. The van der Waals surface area contributed by atoms with Gasteiger partial charge in [0.25, 0.3) is 5.91 Å². The molecule has 0 saturated heterocycles. The number of carbonyl (C=O) groups excluding carboxylic acids is 1. The molecule has 130 valence electrons. The molecule has 0 aromatic heterocycles. The van der Waals surface area contributed by atoms with Crippen LogP contribution in [0.3, 0.4) is 0 Å². The van der Waals surface area contributed by atoms with Crippen LogP contribution in [-0.2, 0) is 16.1 Å². The Labute approximate surface area is 147 Å². The van der Waals surface area contributed by atoms with E-state index in [4.69, 9.17) is 9.57 Å². The lowest BCUT2D eigenvalue weighted by molar-refractivity contribution is -0.123. The molecule has 0 atom stereocenters. The minimum atomic E-state index is -0.0732. The zero-order chi connectivity index (χ0) is 17.5. The van der Waals surface area contributed by atoms with Crippen LogP contribution in [0.5, 0.6) is 5.75 Å². The lowest BCUT2D eigenvalue weighted by atomic mass is 10.0. The smallest absolute Gasteiger partial charge is 0.267 e. The van der Waals surface area contributed by atoms with Crippen molar-refractivity contribution in [3.8, 4) is 5.75 Å². The van der Waals surface area contributed by atoms with Crippen LogP contribution in [0.4, 0.5) is 5.69 Å². The maximum atomic E-state index is 12.4. The average molecular weight is 338 g/mol. The first-order chi connectivity index (χ1) is 12.3. The van der Waals surface area contributed by atoms with Gasteiger partial charge in [-0.05, 0) is 61.2 Å². The van der Waals surface area contributed by atoms with Gasteiger partial charge in [0.1, 0.15) is 5.75 Å². The van der Waals surface area contributed by atoms with Crippen molar-refractivity contribution in [1.29, 1.82) is 0 Å². The van der Waals surface area contributed by atoms with Crippen molar-refractivity contribution < 1.29 is 14.4 Å². The van der Waals surface area contributed by atoms with Crippen LogP contribution in [0.25, 0.3) is 0 Å². The molecule has 0 fully saturated rings. The molecule has 3 rings (SSSR count). The largest absolute Gasteiger partial charge is 0.494 e. The van der Waals surface area contributed by atoms with Gasteiger partial charge in [-0.25, -0.2) is 0 Å². The van der Waals surface area contributed by atoms with E-state index in [-0.39, 0.29) is 12.5 Å². The molecule has 0 aliphatic carbocycles. The molecule has 25 heavy (non-hydrogen) atoms. The second-order valence-corrected chi connectivity index (χ2v) is 5.79. The molecule has 1 aliphatic rings. The molecule has 0 radical (unpaired) electrons. The van der Waals surface area contributed by atoms with Crippen LogP contribution in [0.15, 0.2) is 53.7 Å². The number of para-hydroxylation sites is 1. The van der Waals surface area contributed by atoms with Gasteiger partial charge in [0.15, 0.2) is 6.61 Å². The number of ether oxygens (including phenoxy) is 1. The molecule has 0 N–H and O–H groups in total. The first-order valence-corrected chi connectivity index (χ1v) is 8.54. The fraction of sp³-hybridized carbons (Fsp3) is 0.300. The number of nitrogens with zero attached hydrogens (tertiary/aromatic N) is 2. The predicted molar refractivity (Wildman–Crippen MR) is 98.3 cm³/mol. The molecule has 2 aromatic carbocycles. The summed E-state index contributed by atoms with van der Waals surface area (Å²) >= 11 is 0. The molecule has 0 unspecified atom stereocenters. The van der Waals surface area contributed by atoms with Gasteiger partial charge in [-0.1, -0.05) is 23.4 Å². The van der Waals surface area contributed by atoms with Crippen molar-refractivity contribution in [1.82, 2.24) is 0 Å². The summed E-state index contributed by atoms with van der Waals surface area (Å²) < 4.78 is 5.39. The number of hydrogen-bond donors (Lipinski definition) is 0. The quantitative estimate of drug-likeness (QED) is 0.599. The standard InChI is InChI=1S/C20H22N2O3/c1-2-24-18-11-9-16(10-12-18)14-21-25-15-20(23)22-13-5-7-17-6-3-4-8-19(17)22/h3-4,6,8-12,14H,2,5,7,13,15H2,1H3/b21-14-. The lowest BCUT2D eigenvalue weighted by Gasteiger charge is -2.28. The van der Waals surface area contributed by atoms with Crippen molar-refractivity contribution in [2.24, 2.45) is 5.16 Å². The number of fused-ring (bicyclic) bond motifs is 1. The molecule has 0 spiro atoms. The summed E-state index contributed by atoms with van der Waals surface area (Å²) in [6.45, 7) is 3.24. The highest BCUT2D eigenvalue weighted by molar-refractivity contribution is 5.95. The van der Waals surface area contributed by atoms with Gasteiger partial charge >= 0.3 is 0 Å². The normalized spacial score (nSPS) is 13.6. The second-order valence-electron chi connectivity index (χ2n) is 5.79. The van der Waals surface area contributed by atoms with Gasteiger partial charge in [-0.3, -0.25) is 4.79 Å². The van der Waals surface area contributed by atoms with Crippen molar-refractivity contribution >= 4 is 17.8 Å². The van der Waals surface area contributed by atoms with Crippen LogP contribution in [-0.4, -0.2) is 31.9 Å². The van der Waals surface area contributed by atoms with Crippen molar-refractivity contribution in [2.75, 3.05) is 24.7 Å². The summed E-state index contributed by atoms with van der Waals surface area (Å²) in [5.41, 5.74) is 3.08. The molecule has 1 aliphatic heterocycles. The van der Waals surface area contributed by atoms with E-state index in [2.05, 4.69) is 11.2 Å². The van der Waals surface area contributed by atoms with Gasteiger partial charge in [0.2, 0.25) is 0 Å². The number of hydrogen-bond acceptors (Lipinski definition) is 4. The number of benzene rings is 2. The summed E-state index contributed by atoms with van der Waals surface area (Å²) in [6.07, 6.45) is 3.57. The Morgan fingerprint density at radius 3 is 2.80 bits per heavy atom. The summed E-state index contributed by atoms with van der Waals surface area (Å²) in [7, 11) is 0. The second kappa shape index (κ2) is 8.33. The fourth-order valence-electron chi connectivity index (χ4n) is 2.88. The van der Waals surface area contributed by atoms with Gasteiger partial charge in [0, 0.05) is 12.2 Å². The summed E-state index contributed by atoms with van der Waals surface area (Å²) in [5, 5.41) is 3.89. The first kappa shape index (κ1) is 17.0. The van der Waals surface area contributed by atoms with Crippen LogP contribution in [0, 0.1) is 0 Å². The van der Waals surface area contributed by atoms with E-state index in [1.165, 1.54) is 5.56 Å². The third kappa shape index (κ3) is 4.38. The van der Waals surface area contributed by atoms with Crippen molar-refractivity contribution in [3.63, 3.8) is 0 Å². The van der Waals surface area contributed by atoms with E-state index < -0.39 is 0 Å². The molecule has 0 bridgehead atoms.